The second-order valence-corrected chi connectivity index (χ2v) is 6.86. The van der Waals surface area contributed by atoms with Crippen LogP contribution in [0.15, 0.2) is 29.6 Å². The molecule has 1 fully saturated rings. The molecule has 3 heterocycles. The van der Waals surface area contributed by atoms with Gasteiger partial charge in [0.1, 0.15) is 12.2 Å². The third-order valence-corrected chi connectivity index (χ3v) is 4.84. The van der Waals surface area contributed by atoms with Crippen molar-refractivity contribution in [2.24, 2.45) is 0 Å². The maximum Gasteiger partial charge on any atom is 0.310 e. The predicted octanol–water partition coefficient (Wildman–Crippen LogP) is -0.971. The second kappa shape index (κ2) is 10.1. The number of carbonyl (C=O) groups is 2. The minimum atomic E-state index is -0.519. The van der Waals surface area contributed by atoms with Crippen molar-refractivity contribution in [1.82, 2.24) is 19.5 Å². The standard InChI is InChI=1S/C19H25FN8O3/c1-22-16(14(12-21)18(30)27-7-9-31-10-8-27)17(29)23-13-3-5-28-15(11-13)24-19(25-28)26(2)6-4-20/h3,5,11-12,21-22H,4,6-10H2,1-2H3,(H,23,29)/p+1/b16-14+,21-12?. The minimum Gasteiger partial charge on any atom is -0.378 e. The Hall–Kier alpha value is -3.38. The van der Waals surface area contributed by atoms with E-state index >= 15 is 0 Å². The lowest BCUT2D eigenvalue weighted by Crippen LogP contribution is -2.80. The number of rotatable bonds is 8. The van der Waals surface area contributed by atoms with Crippen molar-refractivity contribution in [2.45, 2.75) is 0 Å². The number of fused-ring (bicyclic) bond motifs is 1. The number of amides is 2. The Labute approximate surface area is 178 Å². The van der Waals surface area contributed by atoms with Gasteiger partial charge < -0.3 is 30.6 Å². The lowest BCUT2D eigenvalue weighted by molar-refractivity contribution is -0.570. The molecule has 2 amide bonds. The van der Waals surface area contributed by atoms with Crippen LogP contribution >= 0.6 is 0 Å². The first-order valence-electron chi connectivity index (χ1n) is 9.84. The first-order chi connectivity index (χ1) is 15.0. The number of ether oxygens (including phenoxy) is 1. The van der Waals surface area contributed by atoms with Crippen molar-refractivity contribution in [2.75, 3.05) is 63.8 Å². The number of hydrogen-bond donors (Lipinski definition) is 3. The van der Waals surface area contributed by atoms with Gasteiger partial charge in [0.25, 0.3) is 5.91 Å². The molecule has 0 saturated carbocycles. The summed E-state index contributed by atoms with van der Waals surface area (Å²) in [5.41, 5.74) is 1.05. The Kier molecular flexibility index (Phi) is 7.26. The van der Waals surface area contributed by atoms with Crippen LogP contribution < -0.4 is 15.5 Å². The van der Waals surface area contributed by atoms with E-state index in [0.29, 0.717) is 43.6 Å². The second-order valence-electron chi connectivity index (χ2n) is 6.86. The van der Waals surface area contributed by atoms with Crippen LogP contribution in [-0.2, 0) is 14.3 Å². The summed E-state index contributed by atoms with van der Waals surface area (Å²) in [5.74, 6) is -0.526. The Morgan fingerprint density at radius 3 is 2.81 bits per heavy atom. The van der Waals surface area contributed by atoms with Crippen molar-refractivity contribution in [1.29, 1.82) is 5.41 Å². The molecular weight excluding hydrogens is 407 g/mol. The summed E-state index contributed by atoms with van der Waals surface area (Å²) in [7, 11) is 3.33. The van der Waals surface area contributed by atoms with Crippen LogP contribution in [0, 0.1) is 5.41 Å². The number of halogens is 1. The molecule has 0 aromatic carbocycles. The van der Waals surface area contributed by atoms with Gasteiger partial charge in [-0.1, -0.05) is 0 Å². The van der Waals surface area contributed by atoms with E-state index in [-0.39, 0.29) is 23.7 Å². The molecule has 2 aromatic heterocycles. The molecule has 1 saturated heterocycles. The van der Waals surface area contributed by atoms with E-state index in [0.717, 1.165) is 6.21 Å². The molecule has 3 rings (SSSR count). The number of morpholine rings is 1. The molecule has 4 N–H and O–H groups in total. The molecule has 31 heavy (non-hydrogen) atoms. The number of quaternary nitrogens is 1. The number of alkyl halides is 1. The SMILES string of the molecule is C[NH2+]/C(C(=O)Nc1ccn2nc(N(C)CCF)nc2c1)=C(\C=N)C(=O)N1CCOCC1. The fraction of sp³-hybridized carbons (Fsp3) is 0.421. The average molecular weight is 433 g/mol. The van der Waals surface area contributed by atoms with Crippen molar-refractivity contribution >= 4 is 35.3 Å². The highest BCUT2D eigenvalue weighted by Gasteiger charge is 2.27. The number of aromatic nitrogens is 3. The van der Waals surface area contributed by atoms with Gasteiger partial charge in [-0.05, 0) is 6.07 Å². The predicted molar refractivity (Wildman–Crippen MR) is 112 cm³/mol. The first kappa shape index (κ1) is 22.3. The number of nitrogens with zero attached hydrogens (tertiary/aromatic N) is 5. The van der Waals surface area contributed by atoms with Crippen LogP contribution in [0.3, 0.4) is 0 Å². The van der Waals surface area contributed by atoms with Crippen molar-refractivity contribution < 1.29 is 24.0 Å². The van der Waals surface area contributed by atoms with E-state index in [1.807, 2.05) is 0 Å². The van der Waals surface area contributed by atoms with Gasteiger partial charge in [0.05, 0.1) is 20.3 Å². The summed E-state index contributed by atoms with van der Waals surface area (Å²) < 4.78 is 19.3. The lowest BCUT2D eigenvalue weighted by Gasteiger charge is -2.27. The topological polar surface area (TPSA) is 133 Å². The van der Waals surface area contributed by atoms with E-state index in [2.05, 4.69) is 15.4 Å². The summed E-state index contributed by atoms with van der Waals surface area (Å²) in [4.78, 5) is 33.2. The fourth-order valence-corrected chi connectivity index (χ4v) is 3.13. The molecule has 0 bridgehead atoms. The van der Waals surface area contributed by atoms with Gasteiger partial charge in [-0.2, -0.15) is 4.98 Å². The van der Waals surface area contributed by atoms with Crippen molar-refractivity contribution in [3.63, 3.8) is 0 Å². The average Bonchev–Trinajstić information content (AvgIpc) is 3.21. The zero-order valence-electron chi connectivity index (χ0n) is 17.5. The van der Waals surface area contributed by atoms with E-state index in [1.165, 1.54) is 9.83 Å². The van der Waals surface area contributed by atoms with Gasteiger partial charge in [0, 0.05) is 50.8 Å². The molecule has 11 nitrogen and oxygen atoms in total. The summed E-state index contributed by atoms with van der Waals surface area (Å²) in [6, 6.07) is 3.26. The highest BCUT2D eigenvalue weighted by molar-refractivity contribution is 6.18. The van der Waals surface area contributed by atoms with Crippen LogP contribution in [0.4, 0.5) is 16.0 Å². The largest absolute Gasteiger partial charge is 0.378 e. The third kappa shape index (κ3) is 5.03. The van der Waals surface area contributed by atoms with Crippen LogP contribution in [0.2, 0.25) is 0 Å². The Morgan fingerprint density at radius 2 is 2.16 bits per heavy atom. The summed E-state index contributed by atoms with van der Waals surface area (Å²) >= 11 is 0. The highest BCUT2D eigenvalue weighted by Crippen LogP contribution is 2.15. The van der Waals surface area contributed by atoms with Crippen LogP contribution in [0.25, 0.3) is 5.65 Å². The highest BCUT2D eigenvalue weighted by atomic mass is 19.1. The Bertz CT molecular complexity index is 999. The van der Waals surface area contributed by atoms with Gasteiger partial charge in [0.15, 0.2) is 5.65 Å². The molecule has 2 aromatic rings. The fourth-order valence-electron chi connectivity index (χ4n) is 3.13. The summed E-state index contributed by atoms with van der Waals surface area (Å²) in [6.45, 7) is 1.33. The number of pyridine rings is 1. The zero-order valence-corrected chi connectivity index (χ0v) is 17.5. The van der Waals surface area contributed by atoms with E-state index in [4.69, 9.17) is 10.1 Å². The number of anilines is 2. The maximum absolute atomic E-state index is 12.9. The number of carbonyl (C=O) groups excluding carboxylic acids is 2. The van der Waals surface area contributed by atoms with E-state index in [9.17, 15) is 14.0 Å². The van der Waals surface area contributed by atoms with Gasteiger partial charge in [-0.15, -0.1) is 5.10 Å². The molecular formula is C19H26FN8O3+. The molecule has 1 aliphatic heterocycles. The first-order valence-corrected chi connectivity index (χ1v) is 9.84. The maximum atomic E-state index is 12.9. The van der Waals surface area contributed by atoms with Gasteiger partial charge in [0.2, 0.25) is 11.6 Å². The zero-order chi connectivity index (χ0) is 22.4. The molecule has 0 atom stereocenters. The summed E-state index contributed by atoms with van der Waals surface area (Å²) in [6.07, 6.45) is 2.53. The molecule has 0 spiro atoms. The molecule has 0 aliphatic carbocycles. The molecule has 0 unspecified atom stereocenters. The molecule has 12 heteroatoms. The molecule has 1 aliphatic rings. The number of nitrogens with two attached hydrogens (primary N) is 1. The third-order valence-electron chi connectivity index (χ3n) is 4.84. The van der Waals surface area contributed by atoms with Gasteiger partial charge in [-0.25, -0.2) is 8.91 Å². The molecule has 0 radical (unpaired) electrons. The van der Waals surface area contributed by atoms with Gasteiger partial charge >= 0.3 is 5.91 Å². The van der Waals surface area contributed by atoms with Crippen LogP contribution in [0.5, 0.6) is 0 Å². The van der Waals surface area contributed by atoms with Crippen LogP contribution in [0.1, 0.15) is 0 Å². The van der Waals surface area contributed by atoms with Crippen molar-refractivity contribution in [3.8, 4) is 0 Å². The van der Waals surface area contributed by atoms with Crippen molar-refractivity contribution in [3.05, 3.63) is 29.6 Å². The van der Waals surface area contributed by atoms with E-state index in [1.54, 1.807) is 42.2 Å². The Morgan fingerprint density at radius 1 is 1.42 bits per heavy atom. The van der Waals surface area contributed by atoms with E-state index < -0.39 is 12.6 Å². The van der Waals surface area contributed by atoms with Crippen LogP contribution in [-0.4, -0.2) is 91.1 Å². The summed E-state index contributed by atoms with van der Waals surface area (Å²) in [5, 5.41) is 16.2. The Balaban J connectivity index is 1.81. The molecule has 166 valence electrons. The smallest absolute Gasteiger partial charge is 0.310 e. The normalized spacial score (nSPS) is 14.9. The lowest BCUT2D eigenvalue weighted by atomic mass is 10.1. The number of likely N-dealkylation sites (N-methyl/N-ethyl adjacent to an activating group) is 1. The minimum absolute atomic E-state index is 0.0144. The quantitative estimate of drug-likeness (QED) is 0.362. The number of nitrogens with one attached hydrogen (secondary N) is 2. The number of hydrogen-bond acceptors (Lipinski definition) is 7. The monoisotopic (exact) mass is 433 g/mol. The van der Waals surface area contributed by atoms with Gasteiger partial charge in [-0.3, -0.25) is 9.59 Å².